The zero-order valence-electron chi connectivity index (χ0n) is 12.3. The predicted octanol–water partition coefficient (Wildman–Crippen LogP) is 4.58. The number of thiazole rings is 1. The molecule has 0 radical (unpaired) electrons. The first-order valence-electron chi connectivity index (χ1n) is 6.85. The zero-order chi connectivity index (χ0) is 15.7. The Hall–Kier alpha value is -2.53. The van der Waals surface area contributed by atoms with Crippen molar-refractivity contribution in [2.45, 2.75) is 13.8 Å². The van der Waals surface area contributed by atoms with E-state index in [1.165, 1.54) is 34.6 Å². The van der Waals surface area contributed by atoms with Gasteiger partial charge in [0.1, 0.15) is 11.5 Å². The summed E-state index contributed by atoms with van der Waals surface area (Å²) in [6, 6.07) is 10.7. The van der Waals surface area contributed by atoms with Crippen LogP contribution in [0.15, 0.2) is 41.8 Å². The molecule has 0 bridgehead atoms. The van der Waals surface area contributed by atoms with Crippen LogP contribution in [0.3, 0.4) is 0 Å². The Labute approximate surface area is 132 Å². The molecule has 0 fully saturated rings. The Morgan fingerprint density at radius 3 is 2.55 bits per heavy atom. The topological polar surface area (TPSA) is 65.4 Å². The second-order valence-electron chi connectivity index (χ2n) is 5.16. The molecule has 0 aliphatic heterocycles. The van der Waals surface area contributed by atoms with Crippen LogP contribution in [0.5, 0.6) is 11.5 Å². The summed E-state index contributed by atoms with van der Waals surface area (Å²) in [5, 5.41) is 25.1. The average molecular weight is 312 g/mol. The maximum atomic E-state index is 9.89. The van der Waals surface area contributed by atoms with E-state index >= 15 is 0 Å². The minimum Gasteiger partial charge on any atom is -0.508 e. The van der Waals surface area contributed by atoms with E-state index in [9.17, 15) is 10.2 Å². The summed E-state index contributed by atoms with van der Waals surface area (Å²) >= 11 is 1.47. The van der Waals surface area contributed by atoms with Crippen molar-refractivity contribution in [3.05, 3.63) is 52.9 Å². The van der Waals surface area contributed by atoms with E-state index in [2.05, 4.69) is 36.3 Å². The third kappa shape index (κ3) is 2.89. The molecule has 5 heteroatoms. The molecule has 1 aromatic heterocycles. The number of hydrogen-bond acceptors (Lipinski definition) is 5. The number of phenolic OH excluding ortho intramolecular Hbond substituents is 2. The zero-order valence-corrected chi connectivity index (χ0v) is 13.1. The Balaban J connectivity index is 1.85. The molecule has 3 aromatic rings. The highest BCUT2D eigenvalue weighted by atomic mass is 32.1. The molecule has 3 N–H and O–H groups in total. The fourth-order valence-corrected chi connectivity index (χ4v) is 2.86. The summed E-state index contributed by atoms with van der Waals surface area (Å²) in [6.07, 6.45) is 0. The lowest BCUT2D eigenvalue weighted by Gasteiger charge is -2.06. The van der Waals surface area contributed by atoms with Crippen LogP contribution in [0.4, 0.5) is 10.8 Å². The SMILES string of the molecule is Cc1ccc(Nc2nc(-c3ccc(O)cc3O)cs2)cc1C. The van der Waals surface area contributed by atoms with E-state index in [0.29, 0.717) is 11.3 Å². The van der Waals surface area contributed by atoms with Gasteiger partial charge in [0.2, 0.25) is 0 Å². The standard InChI is InChI=1S/C17H16N2O2S/c1-10-3-4-12(7-11(10)2)18-17-19-15(9-22-17)14-6-5-13(20)8-16(14)21/h3-9,20-21H,1-2H3,(H,18,19). The first-order chi connectivity index (χ1) is 10.5. The van der Waals surface area contributed by atoms with E-state index in [-0.39, 0.29) is 11.5 Å². The molecule has 22 heavy (non-hydrogen) atoms. The molecule has 0 aliphatic carbocycles. The molecule has 4 nitrogen and oxygen atoms in total. The highest BCUT2D eigenvalue weighted by Gasteiger charge is 2.10. The van der Waals surface area contributed by atoms with Crippen molar-refractivity contribution in [3.63, 3.8) is 0 Å². The van der Waals surface area contributed by atoms with E-state index in [0.717, 1.165) is 10.8 Å². The molecule has 0 atom stereocenters. The van der Waals surface area contributed by atoms with Crippen molar-refractivity contribution in [2.75, 3.05) is 5.32 Å². The molecule has 0 unspecified atom stereocenters. The van der Waals surface area contributed by atoms with Crippen molar-refractivity contribution in [1.82, 2.24) is 4.98 Å². The van der Waals surface area contributed by atoms with E-state index in [4.69, 9.17) is 0 Å². The predicted molar refractivity (Wildman–Crippen MR) is 90.1 cm³/mol. The van der Waals surface area contributed by atoms with Crippen LogP contribution in [0.25, 0.3) is 11.3 Å². The maximum Gasteiger partial charge on any atom is 0.187 e. The van der Waals surface area contributed by atoms with Gasteiger partial charge in [0.15, 0.2) is 5.13 Å². The first-order valence-corrected chi connectivity index (χ1v) is 7.73. The molecule has 3 rings (SSSR count). The molecule has 0 saturated carbocycles. The van der Waals surface area contributed by atoms with Gasteiger partial charge in [-0.25, -0.2) is 4.98 Å². The first kappa shape index (κ1) is 14.4. The number of anilines is 2. The number of aromatic nitrogens is 1. The lowest BCUT2D eigenvalue weighted by molar-refractivity contribution is 0.452. The monoisotopic (exact) mass is 312 g/mol. The summed E-state index contributed by atoms with van der Waals surface area (Å²) in [5.74, 6) is 0.0491. The van der Waals surface area contributed by atoms with Gasteiger partial charge in [-0.15, -0.1) is 11.3 Å². The molecule has 0 amide bonds. The van der Waals surface area contributed by atoms with Crippen molar-refractivity contribution in [3.8, 4) is 22.8 Å². The molecular formula is C17H16N2O2S. The number of aromatic hydroxyl groups is 2. The molecule has 0 saturated heterocycles. The number of rotatable bonds is 3. The average Bonchev–Trinajstić information content (AvgIpc) is 2.91. The summed E-state index contributed by atoms with van der Waals surface area (Å²) < 4.78 is 0. The second kappa shape index (κ2) is 5.69. The Kier molecular flexibility index (Phi) is 3.73. The minimum absolute atomic E-state index is 0.0167. The number of benzene rings is 2. The molecule has 2 aromatic carbocycles. The lowest BCUT2D eigenvalue weighted by atomic mass is 10.1. The summed E-state index contributed by atoms with van der Waals surface area (Å²) in [4.78, 5) is 4.48. The van der Waals surface area contributed by atoms with Crippen LogP contribution in [-0.2, 0) is 0 Å². The minimum atomic E-state index is 0.0167. The highest BCUT2D eigenvalue weighted by Crippen LogP contribution is 2.34. The van der Waals surface area contributed by atoms with Crippen LogP contribution >= 0.6 is 11.3 Å². The number of nitrogens with zero attached hydrogens (tertiary/aromatic N) is 1. The van der Waals surface area contributed by atoms with Crippen LogP contribution in [0.1, 0.15) is 11.1 Å². The molecule has 1 heterocycles. The van der Waals surface area contributed by atoms with Crippen molar-refractivity contribution < 1.29 is 10.2 Å². The van der Waals surface area contributed by atoms with Crippen molar-refractivity contribution in [1.29, 1.82) is 0 Å². The summed E-state index contributed by atoms with van der Waals surface area (Å²) in [6.45, 7) is 4.15. The lowest BCUT2D eigenvalue weighted by Crippen LogP contribution is -1.91. The largest absolute Gasteiger partial charge is 0.508 e. The van der Waals surface area contributed by atoms with E-state index < -0.39 is 0 Å². The molecule has 0 aliphatic rings. The van der Waals surface area contributed by atoms with Crippen LogP contribution < -0.4 is 5.32 Å². The smallest absolute Gasteiger partial charge is 0.187 e. The quantitative estimate of drug-likeness (QED) is 0.662. The summed E-state index contributed by atoms with van der Waals surface area (Å²) in [7, 11) is 0. The van der Waals surface area contributed by atoms with Gasteiger partial charge in [-0.2, -0.15) is 0 Å². The molecule has 112 valence electrons. The van der Waals surface area contributed by atoms with Crippen molar-refractivity contribution >= 4 is 22.2 Å². The van der Waals surface area contributed by atoms with Gasteiger partial charge in [0.25, 0.3) is 0 Å². The fourth-order valence-electron chi connectivity index (χ4n) is 2.13. The number of hydrogen-bond donors (Lipinski definition) is 3. The van der Waals surface area contributed by atoms with Crippen LogP contribution in [0, 0.1) is 13.8 Å². The Morgan fingerprint density at radius 2 is 1.82 bits per heavy atom. The van der Waals surface area contributed by atoms with Gasteiger partial charge in [-0.05, 0) is 49.2 Å². The van der Waals surface area contributed by atoms with Gasteiger partial charge in [0.05, 0.1) is 5.69 Å². The van der Waals surface area contributed by atoms with E-state index in [1.54, 1.807) is 6.07 Å². The molecule has 0 spiro atoms. The third-order valence-electron chi connectivity index (χ3n) is 3.52. The Bertz CT molecular complexity index is 827. The highest BCUT2D eigenvalue weighted by molar-refractivity contribution is 7.14. The third-order valence-corrected chi connectivity index (χ3v) is 4.28. The molecular weight excluding hydrogens is 296 g/mol. The van der Waals surface area contributed by atoms with Gasteiger partial charge in [0, 0.05) is 22.7 Å². The number of aryl methyl sites for hydroxylation is 2. The number of nitrogens with one attached hydrogen (secondary N) is 1. The Morgan fingerprint density at radius 1 is 1.00 bits per heavy atom. The number of phenols is 2. The van der Waals surface area contributed by atoms with E-state index in [1.807, 2.05) is 11.4 Å². The normalized spacial score (nSPS) is 10.6. The summed E-state index contributed by atoms with van der Waals surface area (Å²) in [5.41, 5.74) is 4.73. The fraction of sp³-hybridized carbons (Fsp3) is 0.118. The van der Waals surface area contributed by atoms with Crippen LogP contribution in [0.2, 0.25) is 0 Å². The van der Waals surface area contributed by atoms with Gasteiger partial charge < -0.3 is 15.5 Å². The second-order valence-corrected chi connectivity index (χ2v) is 6.02. The van der Waals surface area contributed by atoms with Crippen LogP contribution in [-0.4, -0.2) is 15.2 Å². The van der Waals surface area contributed by atoms with Gasteiger partial charge in [-0.3, -0.25) is 0 Å². The maximum absolute atomic E-state index is 9.89. The van der Waals surface area contributed by atoms with Crippen molar-refractivity contribution in [2.24, 2.45) is 0 Å². The van der Waals surface area contributed by atoms with Gasteiger partial charge in [-0.1, -0.05) is 6.07 Å². The van der Waals surface area contributed by atoms with Gasteiger partial charge >= 0.3 is 0 Å².